The molecule has 62 heavy (non-hydrogen) atoms. The third kappa shape index (κ3) is 5.25. The normalized spacial score (nSPS) is 13.6. The minimum absolute atomic E-state index is 0.188. The molecule has 0 spiro atoms. The second-order valence-corrected chi connectivity index (χ2v) is 16.4. The summed E-state index contributed by atoms with van der Waals surface area (Å²) in [7, 11) is 0. The molecule has 0 bridgehead atoms. The Morgan fingerprint density at radius 2 is 1.00 bits per heavy atom. The quantitative estimate of drug-likeness (QED) is 0.167. The van der Waals surface area contributed by atoms with Crippen molar-refractivity contribution in [3.63, 3.8) is 0 Å². The molecular formula is C59H38N2O. The van der Waals surface area contributed by atoms with E-state index in [0.717, 1.165) is 44.7 Å². The zero-order valence-corrected chi connectivity index (χ0v) is 33.7. The van der Waals surface area contributed by atoms with E-state index in [1.54, 1.807) is 0 Å². The summed E-state index contributed by atoms with van der Waals surface area (Å²) >= 11 is 0. The van der Waals surface area contributed by atoms with Gasteiger partial charge in [0, 0.05) is 50.4 Å². The van der Waals surface area contributed by atoms with Gasteiger partial charge < -0.3 is 14.2 Å². The summed E-state index contributed by atoms with van der Waals surface area (Å²) in [5.41, 5.74) is 20.0. The molecule has 1 aliphatic heterocycles. The number of anilines is 6. The predicted octanol–water partition coefficient (Wildman–Crippen LogP) is 16.5. The lowest BCUT2D eigenvalue weighted by atomic mass is 9.87. The third-order valence-electron chi connectivity index (χ3n) is 13.1. The average molecular weight is 791 g/mol. The van der Waals surface area contributed by atoms with Gasteiger partial charge in [0.05, 0.1) is 11.4 Å². The molecule has 2 heterocycles. The van der Waals surface area contributed by atoms with E-state index < -0.39 is 0 Å². The van der Waals surface area contributed by atoms with Gasteiger partial charge in [-0.1, -0.05) is 152 Å². The standard InChI is InChI=1S/C59H38N2O/c1-3-14-39(15-4-1)58-49-21-8-7-18-45(49)52-36-42(30-32-51(52)58)60(43-31-35-57-53(37-43)47-20-10-12-25-56(47)62-57)41-28-26-38(27-29-41)44-33-34-50-46-19-9-11-23-54(46)61(40-16-5-2-6-17-40)55-24-13-22-48(44)59(50)55/h1-37,58H. The van der Waals surface area contributed by atoms with Gasteiger partial charge in [-0.25, -0.2) is 0 Å². The smallest absolute Gasteiger partial charge is 0.135 e. The van der Waals surface area contributed by atoms with Crippen LogP contribution in [-0.2, 0) is 0 Å². The molecule has 3 nitrogen and oxygen atoms in total. The highest BCUT2D eigenvalue weighted by atomic mass is 16.3. The Hall–Kier alpha value is -8.14. The summed E-state index contributed by atoms with van der Waals surface area (Å²) in [6, 6.07) is 81.8. The first-order valence-electron chi connectivity index (χ1n) is 21.4. The Labute approximate surface area is 360 Å². The zero-order chi connectivity index (χ0) is 40.7. The highest BCUT2D eigenvalue weighted by molar-refractivity contribution is 6.17. The third-order valence-corrected chi connectivity index (χ3v) is 13.1. The molecule has 0 fully saturated rings. The largest absolute Gasteiger partial charge is 0.456 e. The highest BCUT2D eigenvalue weighted by Crippen LogP contribution is 2.53. The number of fused-ring (bicyclic) bond motifs is 8. The van der Waals surface area contributed by atoms with E-state index in [1.807, 2.05) is 12.1 Å². The molecule has 3 heteroatoms. The second kappa shape index (κ2) is 13.7. The molecule has 0 radical (unpaired) electrons. The molecule has 13 rings (SSSR count). The summed E-state index contributed by atoms with van der Waals surface area (Å²) in [5.74, 6) is 0.188. The Kier molecular flexibility index (Phi) is 7.67. The van der Waals surface area contributed by atoms with Crippen LogP contribution < -0.4 is 9.80 Å². The minimum Gasteiger partial charge on any atom is -0.456 e. The molecule has 1 aliphatic carbocycles. The fourth-order valence-corrected chi connectivity index (χ4v) is 10.4. The van der Waals surface area contributed by atoms with Crippen molar-refractivity contribution in [3.8, 4) is 33.4 Å². The van der Waals surface area contributed by atoms with E-state index in [9.17, 15) is 0 Å². The maximum atomic E-state index is 6.31. The van der Waals surface area contributed by atoms with Crippen molar-refractivity contribution >= 4 is 66.8 Å². The maximum Gasteiger partial charge on any atom is 0.135 e. The summed E-state index contributed by atoms with van der Waals surface area (Å²) < 4.78 is 6.31. The lowest BCUT2D eigenvalue weighted by Gasteiger charge is -2.34. The maximum absolute atomic E-state index is 6.31. The molecule has 0 saturated carbocycles. The Morgan fingerprint density at radius 1 is 0.371 bits per heavy atom. The molecule has 0 N–H and O–H groups in total. The molecule has 1 atom stereocenters. The van der Waals surface area contributed by atoms with Gasteiger partial charge >= 0.3 is 0 Å². The minimum atomic E-state index is 0.188. The van der Waals surface area contributed by atoms with Crippen molar-refractivity contribution in [2.75, 3.05) is 9.80 Å². The predicted molar refractivity (Wildman–Crippen MR) is 258 cm³/mol. The van der Waals surface area contributed by atoms with E-state index in [1.165, 1.54) is 72.2 Å². The number of furan rings is 1. The SMILES string of the molecule is c1ccc(C2c3ccccc3-c3cc(N(c4ccc(-c5ccc6c7c(cccc57)N(c5ccccc5)c5ccccc5-6)cc4)c4ccc5oc6ccccc6c5c4)ccc32)cc1. The first-order valence-corrected chi connectivity index (χ1v) is 21.4. The molecule has 1 unspecified atom stereocenters. The lowest BCUT2D eigenvalue weighted by Crippen LogP contribution is -2.14. The van der Waals surface area contributed by atoms with Crippen LogP contribution in [0.2, 0.25) is 0 Å². The van der Waals surface area contributed by atoms with Crippen molar-refractivity contribution in [2.45, 2.75) is 5.92 Å². The van der Waals surface area contributed by atoms with Crippen LogP contribution in [0.4, 0.5) is 34.1 Å². The number of benzene rings is 10. The van der Waals surface area contributed by atoms with E-state index in [0.29, 0.717) is 0 Å². The van der Waals surface area contributed by atoms with Crippen molar-refractivity contribution in [1.82, 2.24) is 0 Å². The Balaban J connectivity index is 0.965. The van der Waals surface area contributed by atoms with Crippen LogP contribution >= 0.6 is 0 Å². The summed E-state index contributed by atoms with van der Waals surface area (Å²) in [5, 5.41) is 4.73. The van der Waals surface area contributed by atoms with Crippen molar-refractivity contribution < 1.29 is 4.42 Å². The molecule has 10 aromatic carbocycles. The van der Waals surface area contributed by atoms with Gasteiger partial charge in [0.15, 0.2) is 0 Å². The van der Waals surface area contributed by atoms with Gasteiger partial charge in [-0.15, -0.1) is 0 Å². The Morgan fingerprint density at radius 3 is 1.87 bits per heavy atom. The lowest BCUT2D eigenvalue weighted by molar-refractivity contribution is 0.669. The van der Waals surface area contributed by atoms with Crippen LogP contribution in [-0.4, -0.2) is 0 Å². The fourth-order valence-electron chi connectivity index (χ4n) is 10.4. The van der Waals surface area contributed by atoms with Gasteiger partial charge in [-0.2, -0.15) is 0 Å². The second-order valence-electron chi connectivity index (χ2n) is 16.4. The fraction of sp³-hybridized carbons (Fsp3) is 0.0169. The van der Waals surface area contributed by atoms with Crippen LogP contribution in [0, 0.1) is 0 Å². The first-order chi connectivity index (χ1) is 30.8. The molecular weight excluding hydrogens is 753 g/mol. The monoisotopic (exact) mass is 790 g/mol. The van der Waals surface area contributed by atoms with Gasteiger partial charge in [-0.3, -0.25) is 0 Å². The number of rotatable bonds is 6. The number of nitrogens with zero attached hydrogens (tertiary/aromatic N) is 2. The van der Waals surface area contributed by atoms with Crippen molar-refractivity contribution in [2.24, 2.45) is 0 Å². The van der Waals surface area contributed by atoms with Gasteiger partial charge in [0.25, 0.3) is 0 Å². The molecule has 290 valence electrons. The molecule has 0 saturated heterocycles. The summed E-state index contributed by atoms with van der Waals surface area (Å²) in [4.78, 5) is 4.81. The van der Waals surface area contributed by atoms with Crippen molar-refractivity contribution in [1.29, 1.82) is 0 Å². The zero-order valence-electron chi connectivity index (χ0n) is 33.7. The average Bonchev–Trinajstić information content (AvgIpc) is 3.88. The van der Waals surface area contributed by atoms with Crippen LogP contribution in [0.5, 0.6) is 0 Å². The van der Waals surface area contributed by atoms with Gasteiger partial charge in [0.1, 0.15) is 11.2 Å². The number of hydrogen-bond donors (Lipinski definition) is 0. The van der Waals surface area contributed by atoms with Gasteiger partial charge in [-0.05, 0) is 123 Å². The first kappa shape index (κ1) is 34.7. The van der Waals surface area contributed by atoms with Crippen LogP contribution in [0.1, 0.15) is 22.6 Å². The highest BCUT2D eigenvalue weighted by Gasteiger charge is 2.31. The van der Waals surface area contributed by atoms with E-state index in [-0.39, 0.29) is 5.92 Å². The van der Waals surface area contributed by atoms with Crippen molar-refractivity contribution in [3.05, 3.63) is 241 Å². The van der Waals surface area contributed by atoms with E-state index in [2.05, 4.69) is 222 Å². The number of para-hydroxylation sites is 3. The number of hydrogen-bond acceptors (Lipinski definition) is 3. The van der Waals surface area contributed by atoms with Crippen LogP contribution in [0.3, 0.4) is 0 Å². The van der Waals surface area contributed by atoms with E-state index >= 15 is 0 Å². The van der Waals surface area contributed by atoms with Crippen LogP contribution in [0.25, 0.3) is 66.1 Å². The van der Waals surface area contributed by atoms with Gasteiger partial charge in [0.2, 0.25) is 0 Å². The summed E-state index contributed by atoms with van der Waals surface area (Å²) in [6.07, 6.45) is 0. The molecule has 2 aliphatic rings. The molecule has 11 aromatic rings. The van der Waals surface area contributed by atoms with Crippen LogP contribution in [0.15, 0.2) is 229 Å². The van der Waals surface area contributed by atoms with E-state index in [4.69, 9.17) is 4.42 Å². The topological polar surface area (TPSA) is 19.6 Å². The molecule has 0 amide bonds. The summed E-state index contributed by atoms with van der Waals surface area (Å²) in [6.45, 7) is 0. The molecule has 1 aromatic heterocycles. The Bertz CT molecular complexity index is 3530.